The van der Waals surface area contributed by atoms with Gasteiger partial charge in [0.2, 0.25) is 5.60 Å². The lowest BCUT2D eigenvalue weighted by Crippen LogP contribution is -2.31. The van der Waals surface area contributed by atoms with Gasteiger partial charge >= 0.3 is 5.97 Å². The maximum atomic E-state index is 13.0. The number of rotatable bonds is 9. The van der Waals surface area contributed by atoms with Gasteiger partial charge in [-0.15, -0.1) is 0 Å². The largest absolute Gasteiger partial charge is 0.496 e. The zero-order valence-electron chi connectivity index (χ0n) is 20.7. The van der Waals surface area contributed by atoms with Gasteiger partial charge in [0.15, 0.2) is 0 Å². The molecule has 0 bridgehead atoms. The van der Waals surface area contributed by atoms with Crippen molar-refractivity contribution in [2.75, 3.05) is 43.1 Å². The standard InChI is InChI=1S/C28H33N3O3/c1-6-30(7-2)21-14-12-20(13-15-21)28(26-23(27(32)34-28)11-10-18-29-26)24-17-16-22(19-25(24)33-5)31(8-3)9-4/h10-19H,6-9H2,1-5H3. The number of anilines is 2. The number of carbonyl (C=O) groups is 1. The maximum Gasteiger partial charge on any atom is 0.341 e. The van der Waals surface area contributed by atoms with Gasteiger partial charge in [0.25, 0.3) is 0 Å². The number of methoxy groups -OCH3 is 1. The van der Waals surface area contributed by atoms with Crippen molar-refractivity contribution in [1.29, 1.82) is 0 Å². The van der Waals surface area contributed by atoms with Gasteiger partial charge in [0, 0.05) is 60.9 Å². The van der Waals surface area contributed by atoms with Crippen LogP contribution < -0.4 is 14.5 Å². The molecule has 34 heavy (non-hydrogen) atoms. The minimum absolute atomic E-state index is 0.384. The number of ether oxygens (including phenoxy) is 2. The summed E-state index contributed by atoms with van der Waals surface area (Å²) in [5, 5.41) is 0. The number of benzene rings is 2. The molecule has 0 amide bonds. The van der Waals surface area contributed by atoms with Crippen LogP contribution in [0.25, 0.3) is 0 Å². The van der Waals surface area contributed by atoms with Gasteiger partial charge in [-0.1, -0.05) is 12.1 Å². The topological polar surface area (TPSA) is 54.9 Å². The van der Waals surface area contributed by atoms with Crippen molar-refractivity contribution in [1.82, 2.24) is 4.98 Å². The lowest BCUT2D eigenvalue weighted by atomic mass is 9.82. The van der Waals surface area contributed by atoms with E-state index in [1.54, 1.807) is 25.4 Å². The molecule has 3 aromatic rings. The first-order chi connectivity index (χ1) is 16.5. The Morgan fingerprint density at radius 3 is 2.12 bits per heavy atom. The Kier molecular flexibility index (Phi) is 6.77. The fraction of sp³-hybridized carbons (Fsp3) is 0.357. The lowest BCUT2D eigenvalue weighted by Gasteiger charge is -2.32. The molecule has 0 aliphatic carbocycles. The third kappa shape index (κ3) is 3.77. The van der Waals surface area contributed by atoms with Crippen LogP contribution in [-0.4, -0.2) is 44.2 Å². The molecule has 0 N–H and O–H groups in total. The van der Waals surface area contributed by atoms with Crippen LogP contribution in [0.5, 0.6) is 5.75 Å². The average molecular weight is 460 g/mol. The highest BCUT2D eigenvalue weighted by atomic mass is 16.6. The Balaban J connectivity index is 1.94. The van der Waals surface area contributed by atoms with E-state index in [-0.39, 0.29) is 5.97 Å². The summed E-state index contributed by atoms with van der Waals surface area (Å²) < 4.78 is 12.1. The molecule has 6 nitrogen and oxygen atoms in total. The third-order valence-electron chi connectivity index (χ3n) is 6.70. The summed E-state index contributed by atoms with van der Waals surface area (Å²) in [5.74, 6) is 0.273. The van der Waals surface area contributed by atoms with Gasteiger partial charge in [-0.05, 0) is 64.1 Å². The van der Waals surface area contributed by atoms with Gasteiger partial charge < -0.3 is 19.3 Å². The van der Waals surface area contributed by atoms with Crippen molar-refractivity contribution in [3.05, 3.63) is 83.2 Å². The van der Waals surface area contributed by atoms with E-state index >= 15 is 0 Å². The lowest BCUT2D eigenvalue weighted by molar-refractivity contribution is 0.0237. The molecule has 4 rings (SSSR count). The molecule has 1 aliphatic rings. The SMILES string of the molecule is CCN(CC)c1ccc(C2(c3ccc(N(CC)CC)cc3OC)OC(=O)c3cccnc32)cc1. The number of pyridine rings is 1. The van der Waals surface area contributed by atoms with Crippen LogP contribution in [-0.2, 0) is 10.3 Å². The molecule has 0 spiro atoms. The van der Waals surface area contributed by atoms with Crippen LogP contribution in [0.1, 0.15) is 54.9 Å². The molecule has 1 unspecified atom stereocenters. The van der Waals surface area contributed by atoms with Gasteiger partial charge in [0.1, 0.15) is 11.4 Å². The highest BCUT2D eigenvalue weighted by Gasteiger charge is 2.51. The van der Waals surface area contributed by atoms with E-state index in [0.29, 0.717) is 17.0 Å². The van der Waals surface area contributed by atoms with Crippen molar-refractivity contribution in [2.24, 2.45) is 0 Å². The minimum Gasteiger partial charge on any atom is -0.496 e. The molecular weight excluding hydrogens is 426 g/mol. The molecule has 1 aromatic heterocycles. The first-order valence-corrected chi connectivity index (χ1v) is 12.0. The number of cyclic esters (lactones) is 1. The number of fused-ring (bicyclic) bond motifs is 1. The maximum absolute atomic E-state index is 13.0. The quantitative estimate of drug-likeness (QED) is 0.408. The van der Waals surface area contributed by atoms with Crippen LogP contribution in [0.15, 0.2) is 60.8 Å². The van der Waals surface area contributed by atoms with Crippen LogP contribution in [0, 0.1) is 0 Å². The molecular formula is C28H33N3O3. The first kappa shape index (κ1) is 23.6. The van der Waals surface area contributed by atoms with Gasteiger partial charge in [-0.3, -0.25) is 4.98 Å². The molecule has 2 aromatic carbocycles. The minimum atomic E-state index is -1.19. The van der Waals surface area contributed by atoms with E-state index in [0.717, 1.165) is 48.7 Å². The first-order valence-electron chi connectivity index (χ1n) is 12.0. The Bertz CT molecular complexity index is 1150. The summed E-state index contributed by atoms with van der Waals surface area (Å²) in [5.41, 5.74) is 3.65. The molecule has 1 aliphatic heterocycles. The van der Waals surface area contributed by atoms with Crippen molar-refractivity contribution in [2.45, 2.75) is 33.3 Å². The summed E-state index contributed by atoms with van der Waals surface area (Å²) >= 11 is 0. The predicted molar refractivity (Wildman–Crippen MR) is 136 cm³/mol. The number of esters is 1. The molecule has 6 heteroatoms. The summed E-state index contributed by atoms with van der Waals surface area (Å²) in [6.07, 6.45) is 1.70. The highest BCUT2D eigenvalue weighted by molar-refractivity contribution is 5.95. The number of carbonyl (C=O) groups excluding carboxylic acids is 1. The Morgan fingerprint density at radius 2 is 1.50 bits per heavy atom. The van der Waals surface area contributed by atoms with Crippen LogP contribution >= 0.6 is 0 Å². The number of nitrogens with zero attached hydrogens (tertiary/aromatic N) is 3. The monoisotopic (exact) mass is 459 g/mol. The fourth-order valence-corrected chi connectivity index (χ4v) is 4.88. The van der Waals surface area contributed by atoms with Crippen LogP contribution in [0.2, 0.25) is 0 Å². The van der Waals surface area contributed by atoms with Crippen molar-refractivity contribution >= 4 is 17.3 Å². The molecule has 0 radical (unpaired) electrons. The number of hydrogen-bond acceptors (Lipinski definition) is 6. The second-order valence-corrected chi connectivity index (χ2v) is 8.25. The van der Waals surface area contributed by atoms with Gasteiger partial charge in [-0.25, -0.2) is 4.79 Å². The molecule has 2 heterocycles. The Morgan fingerprint density at radius 1 is 0.882 bits per heavy atom. The van der Waals surface area contributed by atoms with E-state index in [2.05, 4.69) is 60.7 Å². The average Bonchev–Trinajstić information content (AvgIpc) is 3.19. The molecule has 178 valence electrons. The predicted octanol–water partition coefficient (Wildman–Crippen LogP) is 5.24. The zero-order chi connectivity index (χ0) is 24.3. The van der Waals surface area contributed by atoms with Crippen molar-refractivity contribution in [3.8, 4) is 5.75 Å². The number of aromatic nitrogens is 1. The number of hydrogen-bond donors (Lipinski definition) is 0. The molecule has 0 fully saturated rings. The fourth-order valence-electron chi connectivity index (χ4n) is 4.88. The summed E-state index contributed by atoms with van der Waals surface area (Å²) in [6, 6.07) is 17.8. The zero-order valence-corrected chi connectivity index (χ0v) is 20.7. The van der Waals surface area contributed by atoms with Gasteiger partial charge in [-0.2, -0.15) is 0 Å². The third-order valence-corrected chi connectivity index (χ3v) is 6.70. The second-order valence-electron chi connectivity index (χ2n) is 8.25. The molecule has 0 saturated carbocycles. The van der Waals surface area contributed by atoms with Crippen molar-refractivity contribution in [3.63, 3.8) is 0 Å². The van der Waals surface area contributed by atoms with E-state index in [1.807, 2.05) is 24.3 Å². The summed E-state index contributed by atoms with van der Waals surface area (Å²) in [7, 11) is 1.65. The summed E-state index contributed by atoms with van der Waals surface area (Å²) in [6.45, 7) is 12.1. The Hall–Kier alpha value is -3.54. The van der Waals surface area contributed by atoms with Crippen molar-refractivity contribution < 1.29 is 14.3 Å². The molecule has 0 saturated heterocycles. The smallest absolute Gasteiger partial charge is 0.341 e. The Labute approximate surface area is 202 Å². The van der Waals surface area contributed by atoms with Gasteiger partial charge in [0.05, 0.1) is 12.7 Å². The van der Waals surface area contributed by atoms with E-state index in [9.17, 15) is 4.79 Å². The molecule has 1 atom stereocenters. The highest BCUT2D eigenvalue weighted by Crippen LogP contribution is 2.49. The second kappa shape index (κ2) is 9.75. The van der Waals surface area contributed by atoms with E-state index in [4.69, 9.17) is 9.47 Å². The van der Waals surface area contributed by atoms with E-state index in [1.165, 1.54) is 0 Å². The normalized spacial score (nSPS) is 16.7. The summed E-state index contributed by atoms with van der Waals surface area (Å²) in [4.78, 5) is 22.2. The van der Waals surface area contributed by atoms with E-state index < -0.39 is 5.60 Å². The van der Waals surface area contributed by atoms with Crippen LogP contribution in [0.4, 0.5) is 11.4 Å². The van der Waals surface area contributed by atoms with Crippen LogP contribution in [0.3, 0.4) is 0 Å².